The standard InChI is InChI=1S/C17H30N/c1-7-15-8-10-16(11-9-15)14-18(5,6)13-12-17(2,3)4/h8-11H,7,12-14H2,1-6H3/q+1. The summed E-state index contributed by atoms with van der Waals surface area (Å²) in [6, 6.07) is 9.10. The highest BCUT2D eigenvalue weighted by Crippen LogP contribution is 2.21. The van der Waals surface area contributed by atoms with Crippen molar-refractivity contribution >= 4 is 0 Å². The van der Waals surface area contributed by atoms with Crippen molar-refractivity contribution in [3.63, 3.8) is 0 Å². The third kappa shape index (κ3) is 5.68. The molecule has 0 bridgehead atoms. The van der Waals surface area contributed by atoms with Gasteiger partial charge in [-0.05, 0) is 17.4 Å². The number of benzene rings is 1. The SMILES string of the molecule is CCc1ccc(C[N+](C)(C)CCC(C)(C)C)cc1. The molecule has 1 rings (SSSR count). The molecule has 0 aliphatic carbocycles. The van der Waals surface area contributed by atoms with Crippen molar-refractivity contribution in [1.82, 2.24) is 0 Å². The van der Waals surface area contributed by atoms with Crippen LogP contribution < -0.4 is 0 Å². The average Bonchev–Trinajstić information content (AvgIpc) is 2.26. The van der Waals surface area contributed by atoms with Gasteiger partial charge in [-0.1, -0.05) is 52.0 Å². The highest BCUT2D eigenvalue weighted by molar-refractivity contribution is 5.21. The second-order valence-corrected chi connectivity index (χ2v) is 7.30. The lowest BCUT2D eigenvalue weighted by Crippen LogP contribution is -2.40. The second-order valence-electron chi connectivity index (χ2n) is 7.30. The van der Waals surface area contributed by atoms with E-state index in [4.69, 9.17) is 0 Å². The first-order valence-corrected chi connectivity index (χ1v) is 7.12. The average molecular weight is 248 g/mol. The van der Waals surface area contributed by atoms with Crippen molar-refractivity contribution in [3.8, 4) is 0 Å². The van der Waals surface area contributed by atoms with Crippen LogP contribution in [0.4, 0.5) is 0 Å². The predicted molar refractivity (Wildman–Crippen MR) is 80.6 cm³/mol. The van der Waals surface area contributed by atoms with Crippen LogP contribution in [0.3, 0.4) is 0 Å². The first-order valence-electron chi connectivity index (χ1n) is 7.12. The number of aryl methyl sites for hydroxylation is 1. The third-order valence-corrected chi connectivity index (χ3v) is 3.51. The van der Waals surface area contributed by atoms with Crippen LogP contribution in [-0.2, 0) is 13.0 Å². The van der Waals surface area contributed by atoms with Gasteiger partial charge in [0.05, 0.1) is 20.6 Å². The van der Waals surface area contributed by atoms with E-state index in [-0.39, 0.29) is 0 Å². The molecule has 0 aliphatic rings. The molecule has 1 aromatic carbocycles. The molecule has 0 spiro atoms. The van der Waals surface area contributed by atoms with E-state index in [2.05, 4.69) is 66.1 Å². The van der Waals surface area contributed by atoms with Crippen molar-refractivity contribution in [2.24, 2.45) is 5.41 Å². The maximum Gasteiger partial charge on any atom is 0.104 e. The van der Waals surface area contributed by atoms with E-state index in [1.54, 1.807) is 0 Å². The van der Waals surface area contributed by atoms with Gasteiger partial charge in [0, 0.05) is 12.0 Å². The zero-order valence-electron chi connectivity index (χ0n) is 13.1. The van der Waals surface area contributed by atoms with E-state index in [9.17, 15) is 0 Å². The highest BCUT2D eigenvalue weighted by atomic mass is 15.3. The van der Waals surface area contributed by atoms with Crippen molar-refractivity contribution in [2.45, 2.75) is 47.1 Å². The van der Waals surface area contributed by atoms with E-state index in [1.807, 2.05) is 0 Å². The fourth-order valence-corrected chi connectivity index (χ4v) is 2.09. The molecule has 0 heterocycles. The van der Waals surface area contributed by atoms with E-state index in [1.165, 1.54) is 24.1 Å². The third-order valence-electron chi connectivity index (χ3n) is 3.51. The van der Waals surface area contributed by atoms with Crippen LogP contribution in [0, 0.1) is 5.41 Å². The Hall–Kier alpha value is -0.820. The Bertz CT molecular complexity index is 354. The van der Waals surface area contributed by atoms with Crippen molar-refractivity contribution in [2.75, 3.05) is 20.6 Å². The molecule has 0 atom stereocenters. The number of quaternary nitrogens is 1. The fourth-order valence-electron chi connectivity index (χ4n) is 2.09. The summed E-state index contributed by atoms with van der Waals surface area (Å²) >= 11 is 0. The minimum Gasteiger partial charge on any atom is -0.325 e. The second kappa shape index (κ2) is 5.88. The van der Waals surface area contributed by atoms with E-state index < -0.39 is 0 Å². The Morgan fingerprint density at radius 2 is 1.44 bits per heavy atom. The largest absolute Gasteiger partial charge is 0.325 e. The zero-order chi connectivity index (χ0) is 13.8. The van der Waals surface area contributed by atoms with Gasteiger partial charge in [-0.3, -0.25) is 0 Å². The molecule has 0 fully saturated rings. The molecule has 0 saturated heterocycles. The van der Waals surface area contributed by atoms with E-state index in [0.29, 0.717) is 5.41 Å². The molecule has 0 N–H and O–H groups in total. The summed E-state index contributed by atoms with van der Waals surface area (Å²) in [4.78, 5) is 0. The Kier molecular flexibility index (Phi) is 4.98. The van der Waals surface area contributed by atoms with Gasteiger partial charge < -0.3 is 4.48 Å². The highest BCUT2D eigenvalue weighted by Gasteiger charge is 2.20. The molecular weight excluding hydrogens is 218 g/mol. The lowest BCUT2D eigenvalue weighted by atomic mass is 9.92. The molecule has 102 valence electrons. The molecule has 0 aliphatic heterocycles. The zero-order valence-corrected chi connectivity index (χ0v) is 13.1. The molecule has 1 aromatic rings. The molecule has 1 nitrogen and oxygen atoms in total. The van der Waals surface area contributed by atoms with Gasteiger partial charge in [0.1, 0.15) is 6.54 Å². The summed E-state index contributed by atoms with van der Waals surface area (Å²) in [6.07, 6.45) is 2.40. The summed E-state index contributed by atoms with van der Waals surface area (Å²) < 4.78 is 1.07. The maximum atomic E-state index is 2.33. The minimum absolute atomic E-state index is 0.432. The van der Waals surface area contributed by atoms with Crippen LogP contribution >= 0.6 is 0 Å². The summed E-state index contributed by atoms with van der Waals surface area (Å²) in [6.45, 7) is 11.5. The lowest BCUT2D eigenvalue weighted by Gasteiger charge is -2.32. The Labute approximate surface area is 113 Å². The minimum atomic E-state index is 0.432. The van der Waals surface area contributed by atoms with Gasteiger partial charge in [-0.25, -0.2) is 0 Å². The molecular formula is C17H30N+. The summed E-state index contributed by atoms with van der Waals surface area (Å²) in [5.41, 5.74) is 3.31. The smallest absolute Gasteiger partial charge is 0.104 e. The topological polar surface area (TPSA) is 0 Å². The Balaban J connectivity index is 2.58. The fraction of sp³-hybridized carbons (Fsp3) is 0.647. The van der Waals surface area contributed by atoms with E-state index in [0.717, 1.165) is 17.4 Å². The molecule has 0 radical (unpaired) electrons. The monoisotopic (exact) mass is 248 g/mol. The van der Waals surface area contributed by atoms with Crippen LogP contribution in [-0.4, -0.2) is 25.1 Å². The lowest BCUT2D eigenvalue weighted by molar-refractivity contribution is -0.904. The molecule has 0 saturated carbocycles. The predicted octanol–water partition coefficient (Wildman–Crippen LogP) is 4.26. The van der Waals surface area contributed by atoms with Crippen LogP contribution in [0.2, 0.25) is 0 Å². The quantitative estimate of drug-likeness (QED) is 0.683. The number of hydrogen-bond donors (Lipinski definition) is 0. The Morgan fingerprint density at radius 3 is 1.89 bits per heavy atom. The van der Waals surface area contributed by atoms with Gasteiger partial charge in [0.2, 0.25) is 0 Å². The van der Waals surface area contributed by atoms with Crippen molar-refractivity contribution in [1.29, 1.82) is 0 Å². The summed E-state index contributed by atoms with van der Waals surface area (Å²) in [7, 11) is 4.67. The number of hydrogen-bond acceptors (Lipinski definition) is 0. The van der Waals surface area contributed by atoms with Gasteiger partial charge in [0.25, 0.3) is 0 Å². The van der Waals surface area contributed by atoms with Gasteiger partial charge in [0.15, 0.2) is 0 Å². The number of rotatable bonds is 5. The normalized spacial score (nSPS) is 12.8. The van der Waals surface area contributed by atoms with Gasteiger partial charge in [-0.15, -0.1) is 0 Å². The summed E-state index contributed by atoms with van der Waals surface area (Å²) in [5, 5.41) is 0. The van der Waals surface area contributed by atoms with Gasteiger partial charge in [-0.2, -0.15) is 0 Å². The van der Waals surface area contributed by atoms with Crippen molar-refractivity contribution in [3.05, 3.63) is 35.4 Å². The van der Waals surface area contributed by atoms with Crippen molar-refractivity contribution < 1.29 is 4.48 Å². The van der Waals surface area contributed by atoms with Crippen LogP contribution in [0.25, 0.3) is 0 Å². The first kappa shape index (κ1) is 15.2. The van der Waals surface area contributed by atoms with Crippen LogP contribution in [0.15, 0.2) is 24.3 Å². The van der Waals surface area contributed by atoms with Crippen LogP contribution in [0.1, 0.15) is 45.2 Å². The maximum absolute atomic E-state index is 2.33. The number of nitrogens with zero attached hydrogens (tertiary/aromatic N) is 1. The summed E-state index contributed by atoms with van der Waals surface area (Å²) in [5.74, 6) is 0. The van der Waals surface area contributed by atoms with Crippen LogP contribution in [0.5, 0.6) is 0 Å². The molecule has 0 aromatic heterocycles. The molecule has 18 heavy (non-hydrogen) atoms. The van der Waals surface area contributed by atoms with Gasteiger partial charge >= 0.3 is 0 Å². The Morgan fingerprint density at radius 1 is 0.944 bits per heavy atom. The molecule has 0 unspecified atom stereocenters. The molecule has 0 amide bonds. The first-order chi connectivity index (χ1) is 8.22. The van der Waals surface area contributed by atoms with E-state index >= 15 is 0 Å². The molecule has 1 heteroatoms.